The molecule has 1 amide bonds. The van der Waals surface area contributed by atoms with Crippen LogP contribution in [-0.2, 0) is 0 Å². The van der Waals surface area contributed by atoms with Gasteiger partial charge < -0.3 is 5.32 Å². The molecule has 1 aromatic heterocycles. The van der Waals surface area contributed by atoms with Crippen LogP contribution in [0.15, 0.2) is 29.8 Å². The van der Waals surface area contributed by atoms with Gasteiger partial charge in [0.05, 0.1) is 26.2 Å². The maximum atomic E-state index is 12.5. The minimum Gasteiger partial charge on any atom is -0.320 e. The molecule has 1 aromatic carbocycles. The van der Waals surface area contributed by atoms with E-state index in [1.54, 1.807) is 5.51 Å². The average Bonchev–Trinajstić information content (AvgIpc) is 2.88. The second-order valence-corrected chi connectivity index (χ2v) is 6.57. The minimum atomic E-state index is -0.140. The van der Waals surface area contributed by atoms with Crippen LogP contribution in [0.2, 0.25) is 0 Å². The summed E-state index contributed by atoms with van der Waals surface area (Å²) in [6.45, 7) is 5.13. The van der Waals surface area contributed by atoms with Gasteiger partial charge in [0.15, 0.2) is 0 Å². The second kappa shape index (κ2) is 6.37. The molecule has 0 spiro atoms. The van der Waals surface area contributed by atoms with Crippen LogP contribution < -0.4 is 9.80 Å². The molecule has 1 heterocycles. The van der Waals surface area contributed by atoms with Gasteiger partial charge in [0, 0.05) is 5.69 Å². The summed E-state index contributed by atoms with van der Waals surface area (Å²) in [6.07, 6.45) is 1.06. The lowest BCUT2D eigenvalue weighted by Crippen LogP contribution is -2.41. The molecule has 0 aliphatic carbocycles. The van der Waals surface area contributed by atoms with Gasteiger partial charge >= 0.3 is 0 Å². The predicted molar refractivity (Wildman–Crippen MR) is 90.0 cm³/mol. The van der Waals surface area contributed by atoms with Crippen molar-refractivity contribution in [2.45, 2.75) is 20.3 Å². The van der Waals surface area contributed by atoms with Crippen LogP contribution in [0.1, 0.15) is 29.4 Å². The third-order valence-corrected chi connectivity index (χ3v) is 4.49. The molecule has 2 rings (SSSR count). The van der Waals surface area contributed by atoms with Crippen molar-refractivity contribution in [2.24, 2.45) is 0 Å². The maximum Gasteiger partial charge on any atom is 0.281 e. The number of quaternary nitrogens is 1. The van der Waals surface area contributed by atoms with Crippen molar-refractivity contribution in [1.29, 1.82) is 0 Å². The summed E-state index contributed by atoms with van der Waals surface area (Å²) in [7, 11) is 4.22. The standard InChI is InChI=1S/C16H21N3OS/c1-5-9-19(3,4)16-14(17-11-21-16)15(20)18-13-8-6-7-12(2)10-13/h6-8,10-11H,5,9H2,1-4H3/p+1. The van der Waals surface area contributed by atoms with Gasteiger partial charge in [-0.3, -0.25) is 9.28 Å². The molecule has 0 fully saturated rings. The fourth-order valence-electron chi connectivity index (χ4n) is 2.40. The van der Waals surface area contributed by atoms with Gasteiger partial charge in [-0.2, -0.15) is 0 Å². The summed E-state index contributed by atoms with van der Waals surface area (Å²) >= 11 is 1.54. The lowest BCUT2D eigenvalue weighted by atomic mass is 10.2. The predicted octanol–water partition coefficient (Wildman–Crippen LogP) is 3.68. The van der Waals surface area contributed by atoms with Crippen molar-refractivity contribution in [2.75, 3.05) is 26.0 Å². The van der Waals surface area contributed by atoms with E-state index < -0.39 is 0 Å². The van der Waals surface area contributed by atoms with E-state index in [0.717, 1.165) is 29.2 Å². The summed E-state index contributed by atoms with van der Waals surface area (Å²) in [5.41, 5.74) is 4.20. The summed E-state index contributed by atoms with van der Waals surface area (Å²) in [6, 6.07) is 7.79. The Balaban J connectivity index is 2.23. The van der Waals surface area contributed by atoms with Crippen molar-refractivity contribution in [3.05, 3.63) is 41.0 Å². The summed E-state index contributed by atoms with van der Waals surface area (Å²) in [5.74, 6) is -0.140. The average molecular weight is 304 g/mol. The number of hydrogen-bond acceptors (Lipinski definition) is 3. The van der Waals surface area contributed by atoms with Crippen molar-refractivity contribution < 1.29 is 4.79 Å². The molecule has 0 aliphatic rings. The first kappa shape index (κ1) is 15.7. The fraction of sp³-hybridized carbons (Fsp3) is 0.375. The van der Waals surface area contributed by atoms with Gasteiger partial charge in [-0.25, -0.2) is 4.98 Å². The Bertz CT molecular complexity index is 634. The Labute approximate surface area is 130 Å². The van der Waals surface area contributed by atoms with Crippen LogP contribution in [0.4, 0.5) is 10.7 Å². The zero-order valence-corrected chi connectivity index (χ0v) is 13.8. The third kappa shape index (κ3) is 3.68. The van der Waals surface area contributed by atoms with E-state index in [0.29, 0.717) is 10.2 Å². The number of carbonyl (C=O) groups is 1. The Hall–Kier alpha value is -1.72. The summed E-state index contributed by atoms with van der Waals surface area (Å²) < 4.78 is 0.678. The number of aromatic nitrogens is 1. The quantitative estimate of drug-likeness (QED) is 0.856. The molecule has 0 atom stereocenters. The SMILES string of the molecule is CCC[N+](C)(C)c1scnc1C(=O)Nc1cccc(C)c1. The molecule has 0 bridgehead atoms. The number of benzene rings is 1. The highest BCUT2D eigenvalue weighted by Gasteiger charge is 2.28. The molecular formula is C16H22N3OS+. The Kier molecular flexibility index (Phi) is 4.75. The van der Waals surface area contributed by atoms with Crippen molar-refractivity contribution in [3.63, 3.8) is 0 Å². The van der Waals surface area contributed by atoms with Crippen LogP contribution in [-0.4, -0.2) is 31.5 Å². The van der Waals surface area contributed by atoms with E-state index in [2.05, 4.69) is 31.3 Å². The minimum absolute atomic E-state index is 0.140. The number of amides is 1. The molecule has 4 nitrogen and oxygen atoms in total. The smallest absolute Gasteiger partial charge is 0.281 e. The van der Waals surface area contributed by atoms with E-state index in [4.69, 9.17) is 0 Å². The first-order valence-electron chi connectivity index (χ1n) is 7.09. The molecule has 1 N–H and O–H groups in total. The number of thiazole rings is 1. The monoisotopic (exact) mass is 304 g/mol. The Morgan fingerprint density at radius 1 is 1.38 bits per heavy atom. The largest absolute Gasteiger partial charge is 0.320 e. The van der Waals surface area contributed by atoms with Gasteiger partial charge in [-0.1, -0.05) is 30.4 Å². The molecule has 21 heavy (non-hydrogen) atoms. The van der Waals surface area contributed by atoms with Crippen LogP contribution >= 0.6 is 11.3 Å². The first-order valence-corrected chi connectivity index (χ1v) is 7.97. The number of nitrogens with zero attached hydrogens (tertiary/aromatic N) is 2. The molecular weight excluding hydrogens is 282 g/mol. The number of carbonyl (C=O) groups excluding carboxylic acids is 1. The number of anilines is 1. The first-order chi connectivity index (χ1) is 9.94. The van der Waals surface area contributed by atoms with Crippen LogP contribution in [0.5, 0.6) is 0 Å². The van der Waals surface area contributed by atoms with E-state index in [1.807, 2.05) is 31.2 Å². The molecule has 0 aliphatic heterocycles. The van der Waals surface area contributed by atoms with E-state index in [1.165, 1.54) is 11.3 Å². The molecule has 0 radical (unpaired) electrons. The Morgan fingerprint density at radius 3 is 2.81 bits per heavy atom. The van der Waals surface area contributed by atoms with Gasteiger partial charge in [0.2, 0.25) is 10.7 Å². The van der Waals surface area contributed by atoms with Gasteiger partial charge in [-0.05, 0) is 31.0 Å². The van der Waals surface area contributed by atoms with Gasteiger partial charge in [0.1, 0.15) is 0 Å². The second-order valence-electron chi connectivity index (χ2n) is 5.74. The lowest BCUT2D eigenvalue weighted by Gasteiger charge is -2.27. The van der Waals surface area contributed by atoms with E-state index >= 15 is 0 Å². The molecule has 112 valence electrons. The maximum absolute atomic E-state index is 12.5. The Morgan fingerprint density at radius 2 is 2.14 bits per heavy atom. The van der Waals surface area contributed by atoms with E-state index in [-0.39, 0.29) is 5.91 Å². The molecule has 0 saturated carbocycles. The van der Waals surface area contributed by atoms with Crippen LogP contribution in [0.25, 0.3) is 0 Å². The van der Waals surface area contributed by atoms with Crippen LogP contribution in [0.3, 0.4) is 0 Å². The van der Waals surface area contributed by atoms with Crippen LogP contribution in [0, 0.1) is 6.92 Å². The zero-order valence-electron chi connectivity index (χ0n) is 13.0. The number of hydrogen-bond donors (Lipinski definition) is 1. The highest BCUT2D eigenvalue weighted by Crippen LogP contribution is 2.29. The number of rotatable bonds is 5. The van der Waals surface area contributed by atoms with E-state index in [9.17, 15) is 4.79 Å². The summed E-state index contributed by atoms with van der Waals surface area (Å²) in [5, 5.41) is 3.94. The zero-order chi connectivity index (χ0) is 15.5. The lowest BCUT2D eigenvalue weighted by molar-refractivity contribution is 0.102. The number of aryl methyl sites for hydroxylation is 1. The molecule has 2 aromatic rings. The van der Waals surface area contributed by atoms with Gasteiger partial charge in [-0.15, -0.1) is 0 Å². The fourth-order valence-corrected chi connectivity index (χ4v) is 3.29. The topological polar surface area (TPSA) is 42.0 Å². The molecule has 0 unspecified atom stereocenters. The van der Waals surface area contributed by atoms with Crippen molar-refractivity contribution >= 4 is 27.9 Å². The highest BCUT2D eigenvalue weighted by molar-refractivity contribution is 7.14. The molecule has 0 saturated heterocycles. The summed E-state index contributed by atoms with van der Waals surface area (Å²) in [4.78, 5) is 16.8. The highest BCUT2D eigenvalue weighted by atomic mass is 32.1. The van der Waals surface area contributed by atoms with Gasteiger partial charge in [0.25, 0.3) is 5.91 Å². The number of nitrogens with one attached hydrogen (secondary N) is 1. The molecule has 5 heteroatoms. The van der Waals surface area contributed by atoms with Crippen molar-refractivity contribution in [1.82, 2.24) is 9.47 Å². The third-order valence-electron chi connectivity index (χ3n) is 3.37. The van der Waals surface area contributed by atoms with Crippen molar-refractivity contribution in [3.8, 4) is 0 Å². The normalized spacial score (nSPS) is 11.4.